The van der Waals surface area contributed by atoms with E-state index in [0.29, 0.717) is 6.07 Å². The monoisotopic (exact) mass is 306 g/mol. The van der Waals surface area contributed by atoms with Crippen LogP contribution < -0.4 is 0 Å². The van der Waals surface area contributed by atoms with Crippen molar-refractivity contribution in [2.24, 2.45) is 10.3 Å². The maximum Gasteiger partial charge on any atom is 0.418 e. The van der Waals surface area contributed by atoms with E-state index in [-0.39, 0.29) is 0 Å². The zero-order valence-corrected chi connectivity index (χ0v) is 10.5. The van der Waals surface area contributed by atoms with Gasteiger partial charge in [-0.05, 0) is 6.07 Å². The first-order valence-electron chi connectivity index (χ1n) is 5.31. The fourth-order valence-corrected chi connectivity index (χ4v) is 1.30. The van der Waals surface area contributed by atoms with Crippen molar-refractivity contribution in [1.29, 1.82) is 0 Å². The van der Waals surface area contributed by atoms with Gasteiger partial charge in [-0.25, -0.2) is 0 Å². The first-order chi connectivity index (χ1) is 9.61. The minimum atomic E-state index is -4.86. The highest BCUT2D eigenvalue weighted by atomic mass is 19.4. The average molecular weight is 306 g/mol. The van der Waals surface area contributed by atoms with Crippen molar-refractivity contribution in [3.05, 3.63) is 33.9 Å². The number of non-ortho nitro benzene ring substituents is 1. The minimum absolute atomic E-state index is 0.339. The van der Waals surface area contributed by atoms with Crippen LogP contribution in [0, 0.1) is 10.1 Å². The van der Waals surface area contributed by atoms with Crippen LogP contribution in [0.2, 0.25) is 0 Å². The molecule has 0 radical (unpaired) electrons. The summed E-state index contributed by atoms with van der Waals surface area (Å²) >= 11 is 0. The van der Waals surface area contributed by atoms with E-state index < -0.39 is 40.6 Å². The molecule has 1 N–H and O–H groups in total. The van der Waals surface area contributed by atoms with Gasteiger partial charge in [0.1, 0.15) is 12.2 Å². The molecule has 0 aliphatic heterocycles. The number of rotatable bonds is 5. The van der Waals surface area contributed by atoms with Gasteiger partial charge < -0.3 is 5.11 Å². The molecule has 114 valence electrons. The number of hydrogen-bond acceptors (Lipinski definition) is 5. The van der Waals surface area contributed by atoms with Crippen LogP contribution in [0.3, 0.4) is 0 Å². The second-order valence-electron chi connectivity index (χ2n) is 3.86. The Bertz CT molecular complexity index is 588. The third kappa shape index (κ3) is 4.71. The Labute approximate surface area is 115 Å². The van der Waals surface area contributed by atoms with Crippen molar-refractivity contribution in [3.63, 3.8) is 0 Å². The van der Waals surface area contributed by atoms with Gasteiger partial charge >= 0.3 is 12.1 Å². The number of likely N-dealkylation sites (N-methyl/N-ethyl adjacent to an activating group) is 1. The second kappa shape index (κ2) is 6.15. The molecule has 0 aliphatic rings. The molecule has 1 rings (SSSR count). The molecule has 0 bridgehead atoms. The van der Waals surface area contributed by atoms with Gasteiger partial charge in [0.25, 0.3) is 5.69 Å². The topological polar surface area (TPSA) is 108 Å². The van der Waals surface area contributed by atoms with Gasteiger partial charge in [0.2, 0.25) is 0 Å². The lowest BCUT2D eigenvalue weighted by atomic mass is 10.1. The van der Waals surface area contributed by atoms with E-state index >= 15 is 0 Å². The first kappa shape index (κ1) is 16.3. The summed E-state index contributed by atoms with van der Waals surface area (Å²) in [5, 5.41) is 26.3. The molecular weight excluding hydrogens is 297 g/mol. The van der Waals surface area contributed by atoms with E-state index in [0.717, 1.165) is 17.1 Å². The van der Waals surface area contributed by atoms with Gasteiger partial charge in [0.15, 0.2) is 0 Å². The Morgan fingerprint density at radius 3 is 2.57 bits per heavy atom. The van der Waals surface area contributed by atoms with Crippen molar-refractivity contribution >= 4 is 17.3 Å². The van der Waals surface area contributed by atoms with Crippen LogP contribution >= 0.6 is 0 Å². The summed E-state index contributed by atoms with van der Waals surface area (Å²) in [5.41, 5.74) is -2.71. The highest BCUT2D eigenvalue weighted by molar-refractivity contribution is 5.68. The molecule has 0 spiro atoms. The number of halogens is 3. The molecular formula is C10H9F3N4O4. The van der Waals surface area contributed by atoms with E-state index in [9.17, 15) is 28.1 Å². The molecule has 0 amide bonds. The lowest BCUT2D eigenvalue weighted by molar-refractivity contribution is -0.385. The summed E-state index contributed by atoms with van der Waals surface area (Å²) in [7, 11) is 1.20. The van der Waals surface area contributed by atoms with Gasteiger partial charge in [-0.15, -0.1) is 5.11 Å². The van der Waals surface area contributed by atoms with E-state index in [1.165, 1.54) is 7.05 Å². The Hall–Kier alpha value is -2.72. The molecule has 1 aromatic rings. The predicted octanol–water partition coefficient (Wildman–Crippen LogP) is 2.63. The van der Waals surface area contributed by atoms with Crippen LogP contribution in [-0.4, -0.2) is 34.6 Å². The molecule has 0 atom stereocenters. The number of nitro benzene ring substituents is 1. The predicted molar refractivity (Wildman–Crippen MR) is 62.9 cm³/mol. The number of nitrogens with zero attached hydrogens (tertiary/aromatic N) is 4. The molecule has 0 aromatic heterocycles. The molecule has 21 heavy (non-hydrogen) atoms. The summed E-state index contributed by atoms with van der Waals surface area (Å²) < 4.78 is 38.4. The maximum absolute atomic E-state index is 12.8. The summed E-state index contributed by atoms with van der Waals surface area (Å²) in [5.74, 6) is -1.24. The molecule has 0 aliphatic carbocycles. The highest BCUT2D eigenvalue weighted by Crippen LogP contribution is 2.38. The molecule has 0 unspecified atom stereocenters. The third-order valence-corrected chi connectivity index (χ3v) is 2.17. The van der Waals surface area contributed by atoms with Crippen molar-refractivity contribution in [1.82, 2.24) is 5.01 Å². The highest BCUT2D eigenvalue weighted by Gasteiger charge is 2.35. The van der Waals surface area contributed by atoms with Gasteiger partial charge in [-0.1, -0.05) is 5.22 Å². The molecule has 0 fully saturated rings. The van der Waals surface area contributed by atoms with Crippen molar-refractivity contribution in [3.8, 4) is 0 Å². The summed E-state index contributed by atoms with van der Waals surface area (Å²) in [6.07, 6.45) is -4.86. The number of benzene rings is 1. The number of carbonyl (C=O) groups is 1. The molecule has 1 aromatic carbocycles. The minimum Gasteiger partial charge on any atom is -0.480 e. The smallest absolute Gasteiger partial charge is 0.418 e. The van der Waals surface area contributed by atoms with Crippen LogP contribution in [0.15, 0.2) is 28.5 Å². The van der Waals surface area contributed by atoms with E-state index in [1.807, 2.05) is 0 Å². The first-order valence-corrected chi connectivity index (χ1v) is 5.31. The summed E-state index contributed by atoms with van der Waals surface area (Å²) in [6.45, 7) is -0.558. The van der Waals surface area contributed by atoms with Crippen LogP contribution in [0.5, 0.6) is 0 Å². The van der Waals surface area contributed by atoms with Crippen molar-refractivity contribution in [2.75, 3.05) is 13.6 Å². The second-order valence-corrected chi connectivity index (χ2v) is 3.86. The largest absolute Gasteiger partial charge is 0.480 e. The number of carboxylic acids is 1. The van der Waals surface area contributed by atoms with Crippen LogP contribution in [0.4, 0.5) is 24.5 Å². The molecule has 0 saturated carbocycles. The number of aliphatic carboxylic acids is 1. The van der Waals surface area contributed by atoms with Crippen LogP contribution in [-0.2, 0) is 11.0 Å². The van der Waals surface area contributed by atoms with Crippen LogP contribution in [0.1, 0.15) is 5.56 Å². The fourth-order valence-electron chi connectivity index (χ4n) is 1.30. The van der Waals surface area contributed by atoms with Crippen molar-refractivity contribution < 1.29 is 28.0 Å². The summed E-state index contributed by atoms with van der Waals surface area (Å²) in [6, 6.07) is 1.98. The Morgan fingerprint density at radius 1 is 1.48 bits per heavy atom. The van der Waals surface area contributed by atoms with Gasteiger partial charge in [0.05, 0.1) is 10.5 Å². The summed E-state index contributed by atoms with van der Waals surface area (Å²) in [4.78, 5) is 19.9. The third-order valence-electron chi connectivity index (χ3n) is 2.17. The number of alkyl halides is 3. The van der Waals surface area contributed by atoms with E-state index in [1.54, 1.807) is 0 Å². The molecule has 8 nitrogen and oxygen atoms in total. The average Bonchev–Trinajstić information content (AvgIpc) is 2.34. The number of nitro groups is 1. The zero-order valence-electron chi connectivity index (χ0n) is 10.5. The van der Waals surface area contributed by atoms with Gasteiger partial charge in [0, 0.05) is 19.2 Å². The lowest BCUT2D eigenvalue weighted by Gasteiger charge is -2.10. The Morgan fingerprint density at radius 2 is 2.10 bits per heavy atom. The molecule has 0 heterocycles. The van der Waals surface area contributed by atoms with Gasteiger partial charge in [-0.3, -0.25) is 19.9 Å². The van der Waals surface area contributed by atoms with Crippen molar-refractivity contribution in [2.45, 2.75) is 6.18 Å². The standard InChI is InChI=1S/C10H9F3N4O4/c1-16(5-9(18)19)15-14-8-3-2-6(17(20)21)4-7(8)10(11,12)13/h2-4H,5H2,1H3,(H,18,19). The number of hydrogen-bond donors (Lipinski definition) is 1. The molecule has 11 heteroatoms. The quantitative estimate of drug-likeness (QED) is 0.511. The van der Waals surface area contributed by atoms with Gasteiger partial charge in [-0.2, -0.15) is 13.2 Å². The van der Waals surface area contributed by atoms with Crippen LogP contribution in [0.25, 0.3) is 0 Å². The number of carboxylic acid groups (broad SMARTS) is 1. The lowest BCUT2D eigenvalue weighted by Crippen LogP contribution is -2.19. The normalized spacial score (nSPS) is 11.6. The Kier molecular flexibility index (Phi) is 4.79. The fraction of sp³-hybridized carbons (Fsp3) is 0.300. The van der Waals surface area contributed by atoms with E-state index in [4.69, 9.17) is 5.11 Å². The molecule has 0 saturated heterocycles. The zero-order chi connectivity index (χ0) is 16.2. The van der Waals surface area contributed by atoms with E-state index in [2.05, 4.69) is 10.3 Å². The maximum atomic E-state index is 12.8. The SMILES string of the molecule is CN(CC(=O)O)N=Nc1ccc([N+](=O)[O-])cc1C(F)(F)F. The Balaban J connectivity index is 3.15.